The number of aromatic amines is 1. The normalized spacial score (nSPS) is 19.9. The highest BCUT2D eigenvalue weighted by Crippen LogP contribution is 2.33. The van der Waals surface area contributed by atoms with E-state index in [1.165, 1.54) is 0 Å². The summed E-state index contributed by atoms with van der Waals surface area (Å²) in [5, 5.41) is 7.12. The number of fused-ring (bicyclic) bond motifs is 1. The molecule has 1 amide bonds. The Morgan fingerprint density at radius 2 is 2.22 bits per heavy atom. The minimum absolute atomic E-state index is 0.0141. The number of hydrogen-bond acceptors (Lipinski definition) is 5. The zero-order valence-electron chi connectivity index (χ0n) is 12.9. The van der Waals surface area contributed by atoms with Gasteiger partial charge in [0, 0.05) is 24.6 Å². The van der Waals surface area contributed by atoms with Crippen molar-refractivity contribution in [1.29, 1.82) is 0 Å². The minimum atomic E-state index is 0.0141. The first-order valence-corrected chi connectivity index (χ1v) is 7.78. The van der Waals surface area contributed by atoms with Gasteiger partial charge in [0.15, 0.2) is 17.3 Å². The van der Waals surface area contributed by atoms with Gasteiger partial charge in [-0.3, -0.25) is 9.89 Å². The summed E-state index contributed by atoms with van der Waals surface area (Å²) in [5.41, 5.74) is 0.626. The molecular weight excluding hydrogens is 296 g/mol. The molecule has 7 nitrogen and oxygen atoms in total. The van der Waals surface area contributed by atoms with Crippen LogP contribution in [-0.2, 0) is 0 Å². The van der Waals surface area contributed by atoms with E-state index in [9.17, 15) is 4.79 Å². The fraction of sp³-hybridized carbons (Fsp3) is 0.438. The van der Waals surface area contributed by atoms with Crippen molar-refractivity contribution in [1.82, 2.24) is 20.1 Å². The minimum Gasteiger partial charge on any atom is -0.454 e. The summed E-state index contributed by atoms with van der Waals surface area (Å²) in [4.78, 5) is 19.0. The topological polar surface area (TPSA) is 80.3 Å². The van der Waals surface area contributed by atoms with E-state index in [-0.39, 0.29) is 18.6 Å². The second-order valence-corrected chi connectivity index (χ2v) is 5.94. The van der Waals surface area contributed by atoms with Gasteiger partial charge in [-0.15, -0.1) is 0 Å². The Labute approximate surface area is 133 Å². The highest BCUT2D eigenvalue weighted by atomic mass is 16.7. The lowest BCUT2D eigenvalue weighted by Gasteiger charge is -2.31. The number of piperidine rings is 1. The van der Waals surface area contributed by atoms with Crippen molar-refractivity contribution in [2.24, 2.45) is 0 Å². The number of hydrogen-bond donors (Lipinski definition) is 1. The molecule has 2 aromatic rings. The lowest BCUT2D eigenvalue weighted by molar-refractivity contribution is 0.0704. The van der Waals surface area contributed by atoms with Crippen LogP contribution in [0.1, 0.15) is 40.8 Å². The Kier molecular flexibility index (Phi) is 3.40. The molecule has 4 rings (SSSR count). The van der Waals surface area contributed by atoms with Gasteiger partial charge in [0.25, 0.3) is 5.91 Å². The van der Waals surface area contributed by atoms with Crippen LogP contribution < -0.4 is 9.47 Å². The maximum Gasteiger partial charge on any atom is 0.254 e. The summed E-state index contributed by atoms with van der Waals surface area (Å²) < 4.78 is 10.6. The summed E-state index contributed by atoms with van der Waals surface area (Å²) >= 11 is 0. The average Bonchev–Trinajstić information content (AvgIpc) is 3.22. The molecule has 0 spiro atoms. The Bertz CT molecular complexity index is 743. The largest absolute Gasteiger partial charge is 0.454 e. The number of carbonyl (C=O) groups is 1. The second kappa shape index (κ2) is 5.57. The zero-order chi connectivity index (χ0) is 15.8. The quantitative estimate of drug-likeness (QED) is 0.915. The molecule has 0 saturated carbocycles. The number of H-pyrrole nitrogens is 1. The fourth-order valence-electron chi connectivity index (χ4n) is 3.13. The number of amides is 1. The number of carbonyl (C=O) groups excluding carboxylic acids is 1. The molecule has 1 saturated heterocycles. The van der Waals surface area contributed by atoms with Crippen molar-refractivity contribution >= 4 is 5.91 Å². The number of aryl methyl sites for hydroxylation is 1. The van der Waals surface area contributed by atoms with E-state index < -0.39 is 0 Å². The van der Waals surface area contributed by atoms with Gasteiger partial charge >= 0.3 is 0 Å². The van der Waals surface area contributed by atoms with Crippen molar-refractivity contribution in [2.75, 3.05) is 19.9 Å². The fourth-order valence-corrected chi connectivity index (χ4v) is 3.13. The van der Waals surface area contributed by atoms with Gasteiger partial charge in [0.1, 0.15) is 5.82 Å². The van der Waals surface area contributed by atoms with Crippen LogP contribution in [0.2, 0.25) is 0 Å². The molecule has 23 heavy (non-hydrogen) atoms. The van der Waals surface area contributed by atoms with E-state index in [1.54, 1.807) is 18.2 Å². The monoisotopic (exact) mass is 314 g/mol. The Morgan fingerprint density at radius 1 is 1.35 bits per heavy atom. The number of nitrogens with one attached hydrogen (secondary N) is 1. The first-order valence-electron chi connectivity index (χ1n) is 7.78. The van der Waals surface area contributed by atoms with E-state index in [0.717, 1.165) is 31.0 Å². The molecule has 0 unspecified atom stereocenters. The van der Waals surface area contributed by atoms with Gasteiger partial charge in [0.05, 0.1) is 0 Å². The first-order chi connectivity index (χ1) is 11.2. The highest BCUT2D eigenvalue weighted by Gasteiger charge is 2.28. The number of benzene rings is 1. The maximum atomic E-state index is 12.8. The predicted octanol–water partition coefficient (Wildman–Crippen LogP) is 1.86. The van der Waals surface area contributed by atoms with Crippen LogP contribution >= 0.6 is 0 Å². The zero-order valence-corrected chi connectivity index (χ0v) is 12.9. The molecule has 2 aliphatic rings. The molecular formula is C16H18N4O3. The molecule has 1 atom stereocenters. The smallest absolute Gasteiger partial charge is 0.254 e. The standard InChI is InChI=1S/C16H18N4O3/c1-10-17-15(19-18-10)12-3-2-6-20(8-12)16(21)11-4-5-13-14(7-11)23-9-22-13/h4-5,7,12H,2-3,6,8-9H2,1H3,(H,17,18,19)/t12-/m0/s1. The van der Waals surface area contributed by atoms with Crippen LogP contribution in [0.5, 0.6) is 11.5 Å². The summed E-state index contributed by atoms with van der Waals surface area (Å²) in [5.74, 6) is 3.13. The van der Waals surface area contributed by atoms with Crippen molar-refractivity contribution in [2.45, 2.75) is 25.7 Å². The number of likely N-dealkylation sites (tertiary alicyclic amines) is 1. The molecule has 120 valence electrons. The number of aromatic nitrogens is 3. The maximum absolute atomic E-state index is 12.8. The highest BCUT2D eigenvalue weighted by molar-refractivity contribution is 5.95. The SMILES string of the molecule is Cc1nc([C@H]2CCCN(C(=O)c3ccc4c(c3)OCO4)C2)n[nH]1. The second-order valence-electron chi connectivity index (χ2n) is 5.94. The molecule has 1 fully saturated rings. The van der Waals surface area contributed by atoms with Crippen LogP contribution in [0.4, 0.5) is 0 Å². The van der Waals surface area contributed by atoms with Gasteiger partial charge < -0.3 is 14.4 Å². The van der Waals surface area contributed by atoms with E-state index in [2.05, 4.69) is 15.2 Å². The van der Waals surface area contributed by atoms with E-state index in [1.807, 2.05) is 11.8 Å². The molecule has 0 radical (unpaired) electrons. The third-order valence-electron chi connectivity index (χ3n) is 4.31. The summed E-state index contributed by atoms with van der Waals surface area (Å²) in [6.07, 6.45) is 1.96. The van der Waals surface area contributed by atoms with Crippen molar-refractivity contribution in [3.63, 3.8) is 0 Å². The van der Waals surface area contributed by atoms with E-state index in [0.29, 0.717) is 23.6 Å². The molecule has 2 aliphatic heterocycles. The Morgan fingerprint density at radius 3 is 3.04 bits per heavy atom. The summed E-state index contributed by atoms with van der Waals surface area (Å²) in [6.45, 7) is 3.50. The lowest BCUT2D eigenvalue weighted by Crippen LogP contribution is -2.39. The van der Waals surface area contributed by atoms with Gasteiger partial charge in [-0.05, 0) is 38.0 Å². The molecule has 3 heterocycles. The molecule has 0 bridgehead atoms. The van der Waals surface area contributed by atoms with Crippen molar-refractivity contribution in [3.8, 4) is 11.5 Å². The van der Waals surface area contributed by atoms with Crippen LogP contribution in [-0.4, -0.2) is 45.9 Å². The Hall–Kier alpha value is -2.57. The van der Waals surface area contributed by atoms with Crippen LogP contribution in [0.15, 0.2) is 18.2 Å². The Balaban J connectivity index is 1.51. The van der Waals surface area contributed by atoms with Gasteiger partial charge in [-0.1, -0.05) is 0 Å². The van der Waals surface area contributed by atoms with Crippen LogP contribution in [0, 0.1) is 6.92 Å². The number of nitrogens with zero attached hydrogens (tertiary/aromatic N) is 3. The molecule has 7 heteroatoms. The van der Waals surface area contributed by atoms with Gasteiger partial charge in [-0.2, -0.15) is 5.10 Å². The van der Waals surface area contributed by atoms with Crippen molar-refractivity contribution < 1.29 is 14.3 Å². The van der Waals surface area contributed by atoms with Crippen LogP contribution in [0.3, 0.4) is 0 Å². The molecule has 1 N–H and O–H groups in total. The van der Waals surface area contributed by atoms with Crippen molar-refractivity contribution in [3.05, 3.63) is 35.4 Å². The third-order valence-corrected chi connectivity index (χ3v) is 4.31. The molecule has 1 aromatic carbocycles. The van der Waals surface area contributed by atoms with E-state index in [4.69, 9.17) is 9.47 Å². The lowest BCUT2D eigenvalue weighted by atomic mass is 9.96. The third kappa shape index (κ3) is 2.62. The number of rotatable bonds is 2. The average molecular weight is 314 g/mol. The molecule has 1 aromatic heterocycles. The summed E-state index contributed by atoms with van der Waals surface area (Å²) in [6, 6.07) is 5.33. The van der Waals surface area contributed by atoms with Gasteiger partial charge in [0.2, 0.25) is 6.79 Å². The van der Waals surface area contributed by atoms with E-state index >= 15 is 0 Å². The van der Waals surface area contributed by atoms with Gasteiger partial charge in [-0.25, -0.2) is 4.98 Å². The predicted molar refractivity (Wildman–Crippen MR) is 81.6 cm³/mol. The summed E-state index contributed by atoms with van der Waals surface area (Å²) in [7, 11) is 0. The number of ether oxygens (including phenoxy) is 2. The molecule has 0 aliphatic carbocycles. The first kappa shape index (κ1) is 14.0. The van der Waals surface area contributed by atoms with Crippen LogP contribution in [0.25, 0.3) is 0 Å².